The van der Waals surface area contributed by atoms with Gasteiger partial charge in [0.15, 0.2) is 0 Å². The molecule has 0 saturated carbocycles. The maximum atomic E-state index is 11.5. The summed E-state index contributed by atoms with van der Waals surface area (Å²) in [6.45, 7) is 0.409. The first-order chi connectivity index (χ1) is 12.0. The number of nitrogens with two attached hydrogens (primary N) is 1. The molecule has 0 atom stereocenters. The number of carbonyl (C=O) groups is 1. The maximum Gasteiger partial charge on any atom is 0.249 e. The fourth-order valence-corrected chi connectivity index (χ4v) is 2.53. The van der Waals surface area contributed by atoms with Crippen molar-refractivity contribution in [2.24, 2.45) is 12.8 Å². The lowest BCUT2D eigenvalue weighted by Gasteiger charge is -2.12. The number of benzene rings is 1. The van der Waals surface area contributed by atoms with E-state index in [-0.39, 0.29) is 0 Å². The smallest absolute Gasteiger partial charge is 0.249 e. The zero-order chi connectivity index (χ0) is 17.8. The van der Waals surface area contributed by atoms with Gasteiger partial charge in [-0.1, -0.05) is 29.8 Å². The van der Waals surface area contributed by atoms with E-state index in [0.29, 0.717) is 34.5 Å². The number of imidazole rings is 1. The highest BCUT2D eigenvalue weighted by atomic mass is 35.5. The lowest BCUT2D eigenvalue weighted by atomic mass is 10.1. The van der Waals surface area contributed by atoms with Crippen LogP contribution in [0.3, 0.4) is 0 Å². The molecule has 7 nitrogen and oxygen atoms in total. The molecule has 3 aromatic rings. The Labute approximate surface area is 149 Å². The van der Waals surface area contributed by atoms with Crippen LogP contribution in [-0.4, -0.2) is 20.4 Å². The van der Waals surface area contributed by atoms with E-state index in [2.05, 4.69) is 20.6 Å². The van der Waals surface area contributed by atoms with Crippen LogP contribution in [0, 0.1) is 0 Å². The van der Waals surface area contributed by atoms with Gasteiger partial charge in [-0.05, 0) is 11.6 Å². The third-order valence-electron chi connectivity index (χ3n) is 3.57. The Balaban J connectivity index is 1.76. The summed E-state index contributed by atoms with van der Waals surface area (Å²) in [6.07, 6.45) is 5.08. The van der Waals surface area contributed by atoms with Gasteiger partial charge >= 0.3 is 0 Å². The van der Waals surface area contributed by atoms with Gasteiger partial charge in [0.25, 0.3) is 0 Å². The number of aryl methyl sites for hydroxylation is 1. The third kappa shape index (κ3) is 4.07. The number of carbonyl (C=O) groups excluding carboxylic acids is 1. The van der Waals surface area contributed by atoms with Gasteiger partial charge in [0.2, 0.25) is 5.91 Å². The molecule has 0 spiro atoms. The summed E-state index contributed by atoms with van der Waals surface area (Å²) in [5.74, 6) is 0.826. The fraction of sp³-hybridized carbons (Fsp3) is 0.118. The van der Waals surface area contributed by atoms with Crippen molar-refractivity contribution < 1.29 is 4.79 Å². The molecule has 1 amide bonds. The Morgan fingerprint density at radius 1 is 1.28 bits per heavy atom. The molecular weight excluding hydrogens is 340 g/mol. The predicted octanol–water partition coefficient (Wildman–Crippen LogP) is 2.92. The van der Waals surface area contributed by atoms with E-state index in [1.807, 2.05) is 29.9 Å². The average molecular weight is 357 g/mol. The van der Waals surface area contributed by atoms with Crippen molar-refractivity contribution in [2.45, 2.75) is 6.54 Å². The van der Waals surface area contributed by atoms with E-state index < -0.39 is 5.91 Å². The van der Waals surface area contributed by atoms with E-state index in [0.717, 1.165) is 5.56 Å². The molecule has 128 valence electrons. The second kappa shape index (κ2) is 7.23. The molecule has 3 rings (SSSR count). The number of rotatable bonds is 6. The highest BCUT2D eigenvalue weighted by Gasteiger charge is 2.09. The minimum atomic E-state index is -0.462. The first kappa shape index (κ1) is 16.8. The normalized spacial score (nSPS) is 10.5. The number of aromatic nitrogens is 3. The van der Waals surface area contributed by atoms with Crippen molar-refractivity contribution in [3.8, 4) is 0 Å². The van der Waals surface area contributed by atoms with Gasteiger partial charge in [-0.2, -0.15) is 0 Å². The van der Waals surface area contributed by atoms with Crippen LogP contribution in [-0.2, 0) is 13.6 Å². The van der Waals surface area contributed by atoms with Crippen LogP contribution in [0.1, 0.15) is 15.9 Å². The summed E-state index contributed by atoms with van der Waals surface area (Å²) >= 11 is 6.21. The van der Waals surface area contributed by atoms with Crippen molar-refractivity contribution in [3.05, 3.63) is 65.2 Å². The Bertz CT molecular complexity index is 908. The molecule has 0 saturated heterocycles. The van der Waals surface area contributed by atoms with Gasteiger partial charge in [-0.25, -0.2) is 9.97 Å². The molecule has 0 fully saturated rings. The van der Waals surface area contributed by atoms with Crippen molar-refractivity contribution in [1.29, 1.82) is 0 Å². The Morgan fingerprint density at radius 2 is 2.08 bits per heavy atom. The van der Waals surface area contributed by atoms with Crippen LogP contribution in [0.15, 0.2) is 49.1 Å². The molecule has 0 aliphatic carbocycles. The molecule has 4 N–H and O–H groups in total. The largest absolute Gasteiger partial charge is 0.380 e. The number of anilines is 3. The number of nitrogens with zero attached hydrogens (tertiary/aromatic N) is 3. The molecule has 25 heavy (non-hydrogen) atoms. The fourth-order valence-electron chi connectivity index (χ4n) is 2.36. The summed E-state index contributed by atoms with van der Waals surface area (Å²) in [5.41, 5.74) is 7.37. The number of hydrogen-bond donors (Lipinski definition) is 3. The minimum Gasteiger partial charge on any atom is -0.380 e. The molecule has 1 aromatic carbocycles. The molecule has 0 bridgehead atoms. The van der Waals surface area contributed by atoms with Crippen molar-refractivity contribution >= 4 is 34.8 Å². The SMILES string of the molecule is Cn1cnc(Nc2cc(NCc3ccccc3C(N)=O)c(Cl)cn2)c1. The lowest BCUT2D eigenvalue weighted by molar-refractivity contribution is 0.0999. The van der Waals surface area contributed by atoms with E-state index in [1.165, 1.54) is 0 Å². The number of nitrogens with one attached hydrogen (secondary N) is 2. The molecular formula is C17H17ClN6O. The van der Waals surface area contributed by atoms with Crippen LogP contribution in [0.2, 0.25) is 5.02 Å². The van der Waals surface area contributed by atoms with Gasteiger partial charge in [-0.3, -0.25) is 4.79 Å². The van der Waals surface area contributed by atoms with Crippen molar-refractivity contribution in [3.63, 3.8) is 0 Å². The van der Waals surface area contributed by atoms with E-state index in [4.69, 9.17) is 17.3 Å². The molecule has 2 heterocycles. The second-order valence-corrected chi connectivity index (χ2v) is 5.88. The minimum absolute atomic E-state index is 0.409. The monoisotopic (exact) mass is 356 g/mol. The number of amides is 1. The summed E-state index contributed by atoms with van der Waals surface area (Å²) < 4.78 is 1.83. The van der Waals surface area contributed by atoms with Crippen LogP contribution < -0.4 is 16.4 Å². The van der Waals surface area contributed by atoms with Crippen LogP contribution in [0.5, 0.6) is 0 Å². The van der Waals surface area contributed by atoms with Gasteiger partial charge in [0.1, 0.15) is 11.6 Å². The van der Waals surface area contributed by atoms with Crippen LogP contribution in [0.4, 0.5) is 17.3 Å². The summed E-state index contributed by atoms with van der Waals surface area (Å²) in [6, 6.07) is 8.95. The van der Waals surface area contributed by atoms with Crippen molar-refractivity contribution in [2.75, 3.05) is 10.6 Å². The zero-order valence-corrected chi connectivity index (χ0v) is 14.3. The highest BCUT2D eigenvalue weighted by Crippen LogP contribution is 2.25. The standard InChI is InChI=1S/C17H17ClN6O/c1-24-9-16(22-10-24)23-15-6-14(13(18)8-21-15)20-7-11-4-2-3-5-12(11)17(19)25/h2-6,8-10H,7H2,1H3,(H2,19,25)(H2,20,21,23). The molecule has 8 heteroatoms. The summed E-state index contributed by atoms with van der Waals surface area (Å²) in [4.78, 5) is 19.9. The number of pyridine rings is 1. The molecule has 0 aliphatic heterocycles. The second-order valence-electron chi connectivity index (χ2n) is 5.47. The van der Waals surface area contributed by atoms with Gasteiger partial charge in [-0.15, -0.1) is 0 Å². The molecule has 0 radical (unpaired) electrons. The Hall–Kier alpha value is -3.06. The zero-order valence-electron chi connectivity index (χ0n) is 13.5. The maximum absolute atomic E-state index is 11.5. The van der Waals surface area contributed by atoms with E-state index >= 15 is 0 Å². The molecule has 0 aliphatic rings. The quantitative estimate of drug-likeness (QED) is 0.630. The van der Waals surface area contributed by atoms with Gasteiger partial charge < -0.3 is 20.9 Å². The van der Waals surface area contributed by atoms with E-state index in [1.54, 1.807) is 30.7 Å². The van der Waals surface area contributed by atoms with E-state index in [9.17, 15) is 4.79 Å². The van der Waals surface area contributed by atoms with Crippen molar-refractivity contribution in [1.82, 2.24) is 14.5 Å². The predicted molar refractivity (Wildman–Crippen MR) is 98.0 cm³/mol. The highest BCUT2D eigenvalue weighted by molar-refractivity contribution is 6.33. The first-order valence-corrected chi connectivity index (χ1v) is 7.93. The lowest BCUT2D eigenvalue weighted by Crippen LogP contribution is -2.15. The van der Waals surface area contributed by atoms with Gasteiger partial charge in [0.05, 0.1) is 23.2 Å². The Kier molecular flexibility index (Phi) is 4.85. The third-order valence-corrected chi connectivity index (χ3v) is 3.87. The number of primary amides is 1. The number of halogens is 1. The topological polar surface area (TPSA) is 97.9 Å². The van der Waals surface area contributed by atoms with Crippen LogP contribution >= 0.6 is 11.6 Å². The Morgan fingerprint density at radius 3 is 2.80 bits per heavy atom. The summed E-state index contributed by atoms with van der Waals surface area (Å²) in [7, 11) is 1.89. The molecule has 2 aromatic heterocycles. The van der Waals surface area contributed by atoms with Gasteiger partial charge in [0, 0.05) is 31.4 Å². The summed E-state index contributed by atoms with van der Waals surface area (Å²) in [5, 5.41) is 6.79. The first-order valence-electron chi connectivity index (χ1n) is 7.55. The number of hydrogen-bond acceptors (Lipinski definition) is 5. The van der Waals surface area contributed by atoms with Crippen LogP contribution in [0.25, 0.3) is 0 Å². The average Bonchev–Trinajstić information content (AvgIpc) is 3.00. The molecule has 0 unspecified atom stereocenters.